The van der Waals surface area contributed by atoms with Crippen LogP contribution in [0.2, 0.25) is 0 Å². The third kappa shape index (κ3) is 5.57. The number of piperidine rings is 1. The lowest BCUT2D eigenvalue weighted by Gasteiger charge is -2.33. The fourth-order valence-corrected chi connectivity index (χ4v) is 4.35. The molecule has 4 rings (SSSR count). The predicted octanol–water partition coefficient (Wildman–Crippen LogP) is 3.81. The number of hydrogen-bond acceptors (Lipinski definition) is 4. The van der Waals surface area contributed by atoms with Gasteiger partial charge in [-0.05, 0) is 60.7 Å². The number of nitrogens with one attached hydrogen (secondary N) is 3. The molecule has 2 aliphatic rings. The van der Waals surface area contributed by atoms with Crippen LogP contribution in [0.25, 0.3) is 0 Å². The van der Waals surface area contributed by atoms with E-state index in [0.717, 1.165) is 35.9 Å². The van der Waals surface area contributed by atoms with Gasteiger partial charge in [0.15, 0.2) is 0 Å². The Morgan fingerprint density at radius 1 is 1.03 bits per heavy atom. The molecule has 1 atom stereocenters. The molecular weight excluding hydrogens is 388 g/mol. The van der Waals surface area contributed by atoms with Crippen molar-refractivity contribution in [2.45, 2.75) is 39.2 Å². The Balaban J connectivity index is 1.26. The fourth-order valence-electron chi connectivity index (χ4n) is 4.35. The van der Waals surface area contributed by atoms with Crippen molar-refractivity contribution in [2.24, 2.45) is 11.8 Å². The first-order valence-electron chi connectivity index (χ1n) is 11.4. The number of nitrogens with zero attached hydrogens (tertiary/aromatic N) is 1. The molecule has 2 fully saturated rings. The molecule has 31 heavy (non-hydrogen) atoms. The van der Waals surface area contributed by atoms with E-state index in [1.54, 1.807) is 0 Å². The van der Waals surface area contributed by atoms with E-state index in [2.05, 4.69) is 52.0 Å². The smallest absolute Gasteiger partial charge is 0.225 e. The van der Waals surface area contributed by atoms with E-state index in [-0.39, 0.29) is 24.2 Å². The number of anilines is 3. The summed E-state index contributed by atoms with van der Waals surface area (Å²) in [5.41, 5.74) is 4.40. The highest BCUT2D eigenvalue weighted by Crippen LogP contribution is 2.27. The molecule has 2 heterocycles. The van der Waals surface area contributed by atoms with Crippen LogP contribution in [0.4, 0.5) is 17.1 Å². The van der Waals surface area contributed by atoms with Crippen LogP contribution in [0, 0.1) is 11.8 Å². The van der Waals surface area contributed by atoms with E-state index in [9.17, 15) is 9.59 Å². The molecule has 0 bridgehead atoms. The molecule has 2 saturated heterocycles. The molecule has 1 unspecified atom stereocenters. The Hall–Kier alpha value is -3.02. The van der Waals surface area contributed by atoms with Crippen molar-refractivity contribution in [1.29, 1.82) is 0 Å². The SMILES string of the molecule is CCC1CCN(c2ccc(Nc3ccc(CNC(=O)C4CNC(=O)C4)cc3)cc2)CC1. The second-order valence-electron chi connectivity index (χ2n) is 8.63. The van der Waals surface area contributed by atoms with Crippen molar-refractivity contribution in [3.05, 3.63) is 54.1 Å². The van der Waals surface area contributed by atoms with Gasteiger partial charge >= 0.3 is 0 Å². The summed E-state index contributed by atoms with van der Waals surface area (Å²) in [6, 6.07) is 16.7. The second kappa shape index (κ2) is 9.86. The summed E-state index contributed by atoms with van der Waals surface area (Å²) in [5.74, 6) is 0.510. The lowest BCUT2D eigenvalue weighted by Crippen LogP contribution is -2.33. The molecule has 2 aliphatic heterocycles. The monoisotopic (exact) mass is 420 g/mol. The zero-order valence-corrected chi connectivity index (χ0v) is 18.2. The Morgan fingerprint density at radius 3 is 2.26 bits per heavy atom. The van der Waals surface area contributed by atoms with Gasteiger partial charge in [0.05, 0.1) is 5.92 Å². The zero-order valence-electron chi connectivity index (χ0n) is 18.2. The van der Waals surface area contributed by atoms with Gasteiger partial charge in [-0.2, -0.15) is 0 Å². The molecule has 2 aromatic carbocycles. The molecule has 6 heteroatoms. The molecule has 164 valence electrons. The predicted molar refractivity (Wildman–Crippen MR) is 124 cm³/mol. The van der Waals surface area contributed by atoms with Gasteiger partial charge in [0.25, 0.3) is 0 Å². The van der Waals surface area contributed by atoms with Crippen molar-refractivity contribution in [3.8, 4) is 0 Å². The maximum absolute atomic E-state index is 12.1. The van der Waals surface area contributed by atoms with Gasteiger partial charge in [0.2, 0.25) is 11.8 Å². The maximum atomic E-state index is 12.1. The lowest BCUT2D eigenvalue weighted by atomic mass is 9.94. The minimum absolute atomic E-state index is 0.0512. The highest BCUT2D eigenvalue weighted by Gasteiger charge is 2.27. The summed E-state index contributed by atoms with van der Waals surface area (Å²) >= 11 is 0. The third-order valence-electron chi connectivity index (χ3n) is 6.48. The summed E-state index contributed by atoms with van der Waals surface area (Å²) in [4.78, 5) is 25.9. The van der Waals surface area contributed by atoms with Gasteiger partial charge in [-0.1, -0.05) is 25.5 Å². The van der Waals surface area contributed by atoms with Crippen molar-refractivity contribution in [2.75, 3.05) is 29.9 Å². The molecule has 0 spiro atoms. The summed E-state index contributed by atoms with van der Waals surface area (Å²) in [7, 11) is 0. The molecule has 6 nitrogen and oxygen atoms in total. The molecule has 3 N–H and O–H groups in total. The van der Waals surface area contributed by atoms with Crippen LogP contribution in [0.3, 0.4) is 0 Å². The number of hydrogen-bond donors (Lipinski definition) is 3. The van der Waals surface area contributed by atoms with Crippen molar-refractivity contribution in [3.63, 3.8) is 0 Å². The van der Waals surface area contributed by atoms with Gasteiger partial charge in [0, 0.05) is 49.7 Å². The zero-order chi connectivity index (χ0) is 21.6. The summed E-state index contributed by atoms with van der Waals surface area (Å²) in [6.07, 6.45) is 4.16. The van der Waals surface area contributed by atoms with Gasteiger partial charge in [-0.25, -0.2) is 0 Å². The number of carbonyl (C=O) groups is 2. The van der Waals surface area contributed by atoms with Crippen LogP contribution >= 0.6 is 0 Å². The van der Waals surface area contributed by atoms with Crippen LogP contribution in [0.5, 0.6) is 0 Å². The van der Waals surface area contributed by atoms with Gasteiger partial charge < -0.3 is 20.9 Å². The number of rotatable bonds is 7. The van der Waals surface area contributed by atoms with E-state index >= 15 is 0 Å². The van der Waals surface area contributed by atoms with Gasteiger partial charge in [-0.3, -0.25) is 9.59 Å². The van der Waals surface area contributed by atoms with Crippen LogP contribution in [0.1, 0.15) is 38.2 Å². The van der Waals surface area contributed by atoms with E-state index in [1.165, 1.54) is 24.9 Å². The van der Waals surface area contributed by atoms with Crippen molar-refractivity contribution in [1.82, 2.24) is 10.6 Å². The highest BCUT2D eigenvalue weighted by atomic mass is 16.2. The first kappa shape index (κ1) is 21.2. The van der Waals surface area contributed by atoms with Gasteiger partial charge in [0.1, 0.15) is 0 Å². The lowest BCUT2D eigenvalue weighted by molar-refractivity contribution is -0.126. The van der Waals surface area contributed by atoms with E-state index in [1.807, 2.05) is 24.3 Å². The molecule has 2 amide bonds. The molecule has 2 aromatic rings. The third-order valence-corrected chi connectivity index (χ3v) is 6.48. The summed E-state index contributed by atoms with van der Waals surface area (Å²) in [6.45, 7) is 5.49. The quantitative estimate of drug-likeness (QED) is 0.637. The first-order valence-corrected chi connectivity index (χ1v) is 11.4. The molecule has 0 aliphatic carbocycles. The van der Waals surface area contributed by atoms with Gasteiger partial charge in [-0.15, -0.1) is 0 Å². The molecular formula is C25H32N4O2. The van der Waals surface area contributed by atoms with Crippen LogP contribution in [-0.4, -0.2) is 31.4 Å². The molecule has 0 radical (unpaired) electrons. The van der Waals surface area contributed by atoms with Crippen LogP contribution in [-0.2, 0) is 16.1 Å². The standard InChI is InChI=1S/C25H32N4O2/c1-2-18-11-13-29(14-12-18)23-9-7-22(8-10-23)28-21-5-3-19(4-6-21)16-27-25(31)20-15-24(30)26-17-20/h3-10,18,20,28H,2,11-17H2,1H3,(H,26,30)(H,27,31). The number of benzene rings is 2. The average molecular weight is 421 g/mol. The molecule has 0 aromatic heterocycles. The normalized spacial score (nSPS) is 19.2. The number of carbonyl (C=O) groups excluding carboxylic acids is 2. The largest absolute Gasteiger partial charge is 0.372 e. The average Bonchev–Trinajstić information content (AvgIpc) is 3.25. The Bertz CT molecular complexity index is 887. The van der Waals surface area contributed by atoms with Crippen molar-refractivity contribution < 1.29 is 9.59 Å². The van der Waals surface area contributed by atoms with Crippen LogP contribution in [0.15, 0.2) is 48.5 Å². The van der Waals surface area contributed by atoms with E-state index in [0.29, 0.717) is 13.1 Å². The van der Waals surface area contributed by atoms with Crippen molar-refractivity contribution >= 4 is 28.9 Å². The minimum atomic E-state index is -0.255. The minimum Gasteiger partial charge on any atom is -0.372 e. The second-order valence-corrected chi connectivity index (χ2v) is 8.63. The Labute approximate surface area is 184 Å². The maximum Gasteiger partial charge on any atom is 0.225 e. The summed E-state index contributed by atoms with van der Waals surface area (Å²) in [5, 5.41) is 9.05. The first-order chi connectivity index (χ1) is 15.1. The molecule has 0 saturated carbocycles. The van der Waals surface area contributed by atoms with E-state index in [4.69, 9.17) is 0 Å². The fraction of sp³-hybridized carbons (Fsp3) is 0.440. The summed E-state index contributed by atoms with van der Waals surface area (Å²) < 4.78 is 0. The topological polar surface area (TPSA) is 73.5 Å². The Morgan fingerprint density at radius 2 is 1.68 bits per heavy atom. The highest BCUT2D eigenvalue weighted by molar-refractivity contribution is 5.89. The van der Waals surface area contributed by atoms with Crippen LogP contribution < -0.4 is 20.9 Å². The Kier molecular flexibility index (Phi) is 6.75. The van der Waals surface area contributed by atoms with E-state index < -0.39 is 0 Å². The number of amides is 2.